The predicted octanol–water partition coefficient (Wildman–Crippen LogP) is 1.82. The number of methoxy groups -OCH3 is 2. The molecule has 2 aliphatic heterocycles. The van der Waals surface area contributed by atoms with Crippen LogP contribution in [-0.4, -0.2) is 77.4 Å². The van der Waals surface area contributed by atoms with Gasteiger partial charge in [0.1, 0.15) is 0 Å². The molecular formula is C25H32N4O5. The Morgan fingerprint density at radius 2 is 1.76 bits per heavy atom. The van der Waals surface area contributed by atoms with Gasteiger partial charge < -0.3 is 29.7 Å². The van der Waals surface area contributed by atoms with Gasteiger partial charge in [0.15, 0.2) is 11.5 Å². The van der Waals surface area contributed by atoms with Crippen molar-refractivity contribution in [1.82, 2.24) is 10.2 Å². The fourth-order valence-corrected chi connectivity index (χ4v) is 4.51. The second-order valence-electron chi connectivity index (χ2n) is 8.46. The van der Waals surface area contributed by atoms with Gasteiger partial charge in [-0.25, -0.2) is 0 Å². The van der Waals surface area contributed by atoms with E-state index in [1.54, 1.807) is 18.2 Å². The van der Waals surface area contributed by atoms with Gasteiger partial charge >= 0.3 is 11.8 Å². The zero-order chi connectivity index (χ0) is 24.1. The molecule has 0 aliphatic carbocycles. The molecule has 2 aliphatic rings. The van der Waals surface area contributed by atoms with Crippen LogP contribution in [0.2, 0.25) is 0 Å². The zero-order valence-electron chi connectivity index (χ0n) is 19.9. The van der Waals surface area contributed by atoms with E-state index in [2.05, 4.69) is 45.7 Å². The van der Waals surface area contributed by atoms with Crippen LogP contribution in [-0.2, 0) is 20.7 Å². The Balaban J connectivity index is 1.43. The number of hydrogen-bond acceptors (Lipinski definition) is 7. The summed E-state index contributed by atoms with van der Waals surface area (Å²) in [5.41, 5.74) is 4.15. The minimum Gasteiger partial charge on any atom is -0.493 e. The number of nitrogens with zero attached hydrogens (tertiary/aromatic N) is 2. The summed E-state index contributed by atoms with van der Waals surface area (Å²) in [5.74, 6) is -0.411. The summed E-state index contributed by atoms with van der Waals surface area (Å²) in [6.45, 7) is 4.18. The third kappa shape index (κ3) is 5.26. The number of likely N-dealkylation sites (N-methyl/N-ethyl adjacent to an activating group) is 1. The van der Waals surface area contributed by atoms with Gasteiger partial charge in [-0.1, -0.05) is 12.1 Å². The van der Waals surface area contributed by atoms with Gasteiger partial charge in [-0.3, -0.25) is 14.5 Å². The normalized spacial score (nSPS) is 16.5. The average Bonchev–Trinajstić information content (AvgIpc) is 3.24. The Hall–Kier alpha value is -3.30. The highest BCUT2D eigenvalue weighted by atomic mass is 16.5. The third-order valence-corrected chi connectivity index (χ3v) is 6.41. The first-order chi connectivity index (χ1) is 16.5. The van der Waals surface area contributed by atoms with Crippen LogP contribution >= 0.6 is 0 Å². The van der Waals surface area contributed by atoms with E-state index in [1.807, 2.05) is 0 Å². The van der Waals surface area contributed by atoms with Gasteiger partial charge in [-0.15, -0.1) is 0 Å². The van der Waals surface area contributed by atoms with Crippen molar-refractivity contribution in [1.29, 1.82) is 0 Å². The molecular weight excluding hydrogens is 436 g/mol. The number of benzene rings is 2. The first-order valence-electron chi connectivity index (χ1n) is 11.5. The lowest BCUT2D eigenvalue weighted by Gasteiger charge is -2.35. The van der Waals surface area contributed by atoms with E-state index < -0.39 is 11.8 Å². The minimum absolute atomic E-state index is 0.0436. The number of fused-ring (bicyclic) bond motifs is 1. The maximum absolute atomic E-state index is 12.6. The number of anilines is 2. The van der Waals surface area contributed by atoms with Crippen LogP contribution in [0.5, 0.6) is 11.5 Å². The Bertz CT molecular complexity index is 1040. The van der Waals surface area contributed by atoms with Crippen molar-refractivity contribution < 1.29 is 23.8 Å². The quantitative estimate of drug-likeness (QED) is 0.599. The highest BCUT2D eigenvalue weighted by molar-refractivity contribution is 6.39. The predicted molar refractivity (Wildman–Crippen MR) is 130 cm³/mol. The van der Waals surface area contributed by atoms with Gasteiger partial charge in [-0.05, 0) is 35.7 Å². The van der Waals surface area contributed by atoms with Gasteiger partial charge in [0, 0.05) is 50.7 Å². The summed E-state index contributed by atoms with van der Waals surface area (Å²) in [6, 6.07) is 11.4. The first kappa shape index (κ1) is 23.8. The molecule has 0 saturated carbocycles. The van der Waals surface area contributed by atoms with Crippen molar-refractivity contribution in [3.05, 3.63) is 47.5 Å². The van der Waals surface area contributed by atoms with Crippen molar-refractivity contribution in [2.75, 3.05) is 70.9 Å². The number of nitrogens with one attached hydrogen (secondary N) is 2. The van der Waals surface area contributed by atoms with Crippen LogP contribution in [0, 0.1) is 0 Å². The molecule has 2 aromatic rings. The number of hydrogen-bond donors (Lipinski definition) is 2. The lowest BCUT2D eigenvalue weighted by Crippen LogP contribution is -2.45. The molecule has 1 saturated heterocycles. The van der Waals surface area contributed by atoms with Crippen LogP contribution in [0.3, 0.4) is 0 Å². The molecule has 2 amide bonds. The van der Waals surface area contributed by atoms with Gasteiger partial charge in [0.2, 0.25) is 0 Å². The van der Waals surface area contributed by atoms with Crippen molar-refractivity contribution in [2.24, 2.45) is 0 Å². The maximum Gasteiger partial charge on any atom is 0.313 e. The molecule has 34 heavy (non-hydrogen) atoms. The maximum atomic E-state index is 12.6. The van der Waals surface area contributed by atoms with E-state index in [1.165, 1.54) is 25.5 Å². The summed E-state index contributed by atoms with van der Waals surface area (Å²) in [4.78, 5) is 29.7. The lowest BCUT2D eigenvalue weighted by molar-refractivity contribution is -0.136. The molecule has 0 spiro atoms. The van der Waals surface area contributed by atoms with Crippen molar-refractivity contribution in [3.8, 4) is 11.5 Å². The number of ether oxygens (including phenoxy) is 3. The molecule has 1 atom stereocenters. The second kappa shape index (κ2) is 10.8. The second-order valence-corrected chi connectivity index (χ2v) is 8.46. The van der Waals surface area contributed by atoms with Crippen LogP contribution in [0.25, 0.3) is 0 Å². The zero-order valence-corrected chi connectivity index (χ0v) is 19.9. The number of amides is 2. The molecule has 4 rings (SSSR count). The van der Waals surface area contributed by atoms with Crippen LogP contribution < -0.4 is 25.0 Å². The van der Waals surface area contributed by atoms with Gasteiger partial charge in [0.05, 0.1) is 33.5 Å². The number of carbonyl (C=O) groups is 2. The third-order valence-electron chi connectivity index (χ3n) is 6.41. The highest BCUT2D eigenvalue weighted by Crippen LogP contribution is 2.32. The van der Waals surface area contributed by atoms with Crippen molar-refractivity contribution in [3.63, 3.8) is 0 Å². The molecule has 1 fully saturated rings. The molecule has 2 N–H and O–H groups in total. The molecule has 1 unspecified atom stereocenters. The number of morpholine rings is 1. The minimum atomic E-state index is -0.733. The summed E-state index contributed by atoms with van der Waals surface area (Å²) in [6.07, 6.45) is 1.01. The van der Waals surface area contributed by atoms with Gasteiger partial charge in [0.25, 0.3) is 0 Å². The van der Waals surface area contributed by atoms with Crippen LogP contribution in [0.4, 0.5) is 11.4 Å². The van der Waals surface area contributed by atoms with E-state index in [-0.39, 0.29) is 6.04 Å². The number of carbonyl (C=O) groups excluding carboxylic acids is 2. The molecule has 2 aromatic carbocycles. The highest BCUT2D eigenvalue weighted by Gasteiger charge is 2.26. The van der Waals surface area contributed by atoms with Gasteiger partial charge in [-0.2, -0.15) is 0 Å². The molecule has 2 heterocycles. The first-order valence-corrected chi connectivity index (χ1v) is 11.5. The van der Waals surface area contributed by atoms with Crippen LogP contribution in [0.15, 0.2) is 36.4 Å². The SMILES string of the molecule is COc1ccc(NC(=O)C(=O)NCC(c2ccc3c(c2)CCN3C)N2CCOCC2)cc1OC. The smallest absolute Gasteiger partial charge is 0.313 e. The Kier molecular flexibility index (Phi) is 7.54. The van der Waals surface area contributed by atoms with E-state index in [9.17, 15) is 9.59 Å². The number of rotatable bonds is 7. The molecule has 0 radical (unpaired) electrons. The standard InChI is InChI=1S/C25H32N4O5/c1-28-9-8-18-14-17(4-6-20(18)28)21(29-10-12-34-13-11-29)16-26-24(30)25(31)27-19-5-7-22(32-2)23(15-19)33-3/h4-7,14-15,21H,8-13,16H2,1-3H3,(H,26,30)(H,27,31). The van der Waals surface area contributed by atoms with Crippen molar-refractivity contribution >= 4 is 23.2 Å². The lowest BCUT2D eigenvalue weighted by atomic mass is 10.0. The molecule has 0 aromatic heterocycles. The molecule has 182 valence electrons. The van der Waals surface area contributed by atoms with E-state index in [4.69, 9.17) is 14.2 Å². The average molecular weight is 469 g/mol. The summed E-state index contributed by atoms with van der Waals surface area (Å²) < 4.78 is 16.0. The van der Waals surface area contributed by atoms with Crippen molar-refractivity contribution in [2.45, 2.75) is 12.5 Å². The Morgan fingerprint density at radius 3 is 2.50 bits per heavy atom. The summed E-state index contributed by atoms with van der Waals surface area (Å²) in [5, 5.41) is 5.45. The van der Waals surface area contributed by atoms with E-state index >= 15 is 0 Å². The molecule has 0 bridgehead atoms. The largest absolute Gasteiger partial charge is 0.493 e. The van der Waals surface area contributed by atoms with Crippen LogP contribution in [0.1, 0.15) is 17.2 Å². The monoisotopic (exact) mass is 468 g/mol. The fraction of sp³-hybridized carbons (Fsp3) is 0.440. The topological polar surface area (TPSA) is 92.4 Å². The summed E-state index contributed by atoms with van der Waals surface area (Å²) in [7, 11) is 5.15. The van der Waals surface area contributed by atoms with E-state index in [0.29, 0.717) is 36.9 Å². The summed E-state index contributed by atoms with van der Waals surface area (Å²) >= 11 is 0. The Morgan fingerprint density at radius 1 is 1.00 bits per heavy atom. The Labute approximate surface area is 200 Å². The van der Waals surface area contributed by atoms with E-state index in [0.717, 1.165) is 31.6 Å². The molecule has 9 nitrogen and oxygen atoms in total. The molecule has 9 heteroatoms. The fourth-order valence-electron chi connectivity index (χ4n) is 4.51.